The maximum Gasteiger partial charge on any atom is 2.00 e. The molecule has 0 atom stereocenters. The van der Waals surface area contributed by atoms with Gasteiger partial charge in [-0.3, -0.25) is 0 Å². The second-order valence-electron chi connectivity index (χ2n) is 14.3. The molecule has 4 aromatic carbocycles. The van der Waals surface area contributed by atoms with E-state index in [4.69, 9.17) is 0 Å². The van der Waals surface area contributed by atoms with Gasteiger partial charge < -0.3 is 19.9 Å². The SMILES string of the molecule is Fc1c(F)c(F)c(/C2=c3\cc/c([nH]3)=C(\c3c(F)c(F)c(F)c(F)c3F)c3ccc([n-]3)/C(c3c(F)c(F)c(F)c(F)c3F)=c3/cc/c([nH]3)=C(\c3c(F)c(F)c(F)c(F)c3F)c3ccc2[n-]3)c(F)c1F.[Zn+2]. The number of aromatic amines is 2. The molecule has 0 radical (unpaired) electrons. The zero-order valence-electron chi connectivity index (χ0n) is 32.8. The molecule has 8 aromatic rings. The fourth-order valence-corrected chi connectivity index (χ4v) is 7.56. The first-order valence-corrected chi connectivity index (χ1v) is 18.3. The molecule has 0 aliphatic carbocycles. The van der Waals surface area contributed by atoms with Crippen molar-refractivity contribution in [2.45, 2.75) is 0 Å². The number of hydrogen-bond acceptors (Lipinski definition) is 0. The van der Waals surface area contributed by atoms with Crippen LogP contribution in [0.3, 0.4) is 0 Å². The number of halogens is 20. The predicted octanol–water partition coefficient (Wildman–Crippen LogP) is 8.34. The maximum atomic E-state index is 15.8. The van der Waals surface area contributed by atoms with Crippen molar-refractivity contribution in [2.24, 2.45) is 0 Å². The second-order valence-corrected chi connectivity index (χ2v) is 14.3. The van der Waals surface area contributed by atoms with Gasteiger partial charge >= 0.3 is 19.5 Å². The van der Waals surface area contributed by atoms with Gasteiger partial charge in [-0.2, -0.15) is 0 Å². The summed E-state index contributed by atoms with van der Waals surface area (Å²) < 4.78 is 303. The Morgan fingerprint density at radius 3 is 0.522 bits per heavy atom. The summed E-state index contributed by atoms with van der Waals surface area (Å²) in [6, 6.07) is 4.91. The van der Waals surface area contributed by atoms with Crippen LogP contribution in [0.1, 0.15) is 45.0 Å². The molecule has 5 heterocycles. The molecule has 9 rings (SSSR count). The van der Waals surface area contributed by atoms with E-state index >= 15 is 35.1 Å². The van der Waals surface area contributed by atoms with Gasteiger partial charge in [0.25, 0.3) is 0 Å². The molecule has 348 valence electrons. The van der Waals surface area contributed by atoms with Crippen molar-refractivity contribution >= 4 is 22.3 Å². The van der Waals surface area contributed by atoms with Gasteiger partial charge in [0.2, 0.25) is 23.3 Å². The van der Waals surface area contributed by atoms with Crippen molar-refractivity contribution in [3.05, 3.63) is 231 Å². The largest absolute Gasteiger partial charge is 2.00 e. The normalized spacial score (nSPS) is 15.8. The standard InChI is InChI=1S/C44H10F20N4.Zn/c45-25-21(26(46)34(54)41(61)33(25)53)17-9-1-2-10(65-9)18(22-27(47)35(55)42(62)36(56)28(22)48)12-5-6-14(67-12)20(24-31(51)39(59)44(64)40(60)32(24)52)16-8-7-15(68-16)19(13-4-3-11(17)66-13)23-29(49)37(57)43(63)38(58)30(23)50;/h1-8,65,68H;/q-2;+2/b17-9+,17-11?,18-10+,18-12?,19-13?,19-15+,20-14?,20-16+;. The van der Waals surface area contributed by atoms with E-state index in [-0.39, 0.29) is 19.5 Å². The summed E-state index contributed by atoms with van der Waals surface area (Å²) in [6.07, 6.45) is 0. The number of benzene rings is 4. The molecule has 69 heavy (non-hydrogen) atoms. The Balaban J connectivity index is 0.00000642. The number of aromatic nitrogens is 4. The van der Waals surface area contributed by atoms with E-state index < -0.39 is 205 Å². The summed E-state index contributed by atoms with van der Waals surface area (Å²) in [7, 11) is 0. The molecule has 0 amide bonds. The quantitative estimate of drug-likeness (QED) is 0.0807. The number of H-pyrrole nitrogens is 2. The number of hydrogen-bond donors (Lipinski definition) is 2. The van der Waals surface area contributed by atoms with Crippen LogP contribution in [0.4, 0.5) is 87.8 Å². The van der Waals surface area contributed by atoms with Crippen molar-refractivity contribution in [2.75, 3.05) is 0 Å². The van der Waals surface area contributed by atoms with Crippen LogP contribution >= 0.6 is 0 Å². The summed E-state index contributed by atoms with van der Waals surface area (Å²) in [6.45, 7) is 0. The van der Waals surface area contributed by atoms with Crippen LogP contribution < -0.4 is 31.4 Å². The molecule has 1 aliphatic rings. The molecule has 8 bridgehead atoms. The molecule has 0 saturated heterocycles. The average molecular weight is 1040 g/mol. The topological polar surface area (TPSA) is 59.8 Å². The number of fused-ring (bicyclic) bond motifs is 8. The van der Waals surface area contributed by atoms with E-state index in [0.717, 1.165) is 0 Å². The first-order chi connectivity index (χ1) is 32.1. The van der Waals surface area contributed by atoms with E-state index in [2.05, 4.69) is 19.9 Å². The van der Waals surface area contributed by atoms with Gasteiger partial charge in [0, 0.05) is 21.4 Å². The third kappa shape index (κ3) is 7.01. The molecule has 0 unspecified atom stereocenters. The minimum absolute atomic E-state index is 0. The Hall–Kier alpha value is -7.30. The average Bonchev–Trinajstić information content (AvgIpc) is 4.18. The molecule has 4 nitrogen and oxygen atoms in total. The first kappa shape index (κ1) is 48.2. The smallest absolute Gasteiger partial charge is 0.657 e. The van der Waals surface area contributed by atoms with Crippen molar-refractivity contribution in [3.8, 4) is 0 Å². The molecular formula is C44H10F20N4Zn. The summed E-state index contributed by atoms with van der Waals surface area (Å²) in [5.41, 5.74) is -16.7. The molecule has 2 N–H and O–H groups in total. The fraction of sp³-hybridized carbons (Fsp3) is 0. The van der Waals surface area contributed by atoms with Crippen LogP contribution in [0.25, 0.3) is 22.3 Å². The molecule has 25 heteroatoms. The van der Waals surface area contributed by atoms with Crippen LogP contribution in [0.2, 0.25) is 0 Å². The zero-order valence-corrected chi connectivity index (χ0v) is 35.7. The van der Waals surface area contributed by atoms with Crippen molar-refractivity contribution in [1.82, 2.24) is 19.9 Å². The van der Waals surface area contributed by atoms with Crippen LogP contribution in [0, 0.1) is 116 Å². The molecule has 0 fully saturated rings. The van der Waals surface area contributed by atoms with Crippen LogP contribution in [-0.4, -0.2) is 9.97 Å². The van der Waals surface area contributed by atoms with Crippen LogP contribution in [0.5, 0.6) is 0 Å². The van der Waals surface area contributed by atoms with Gasteiger partial charge in [-0.25, -0.2) is 87.8 Å². The number of nitrogens with zero attached hydrogens (tertiary/aromatic N) is 2. The van der Waals surface area contributed by atoms with Crippen molar-refractivity contribution < 1.29 is 107 Å². The Morgan fingerprint density at radius 2 is 0.362 bits per heavy atom. The molecule has 4 aromatic heterocycles. The zero-order chi connectivity index (χ0) is 49.3. The summed E-state index contributed by atoms with van der Waals surface area (Å²) in [4.78, 5) is 12.3. The van der Waals surface area contributed by atoms with Crippen LogP contribution in [-0.2, 0) is 19.5 Å². The number of rotatable bonds is 4. The Morgan fingerprint density at radius 1 is 0.217 bits per heavy atom. The maximum absolute atomic E-state index is 15.8. The van der Waals surface area contributed by atoms with Gasteiger partial charge in [-0.05, 0) is 46.6 Å². The van der Waals surface area contributed by atoms with Gasteiger partial charge in [0.15, 0.2) is 93.1 Å². The minimum Gasteiger partial charge on any atom is -0.657 e. The third-order valence-corrected chi connectivity index (χ3v) is 10.6. The molecule has 0 saturated carbocycles. The van der Waals surface area contributed by atoms with E-state index in [1.54, 1.807) is 0 Å². The summed E-state index contributed by atoms with van der Waals surface area (Å²) >= 11 is 0. The fourth-order valence-electron chi connectivity index (χ4n) is 7.56. The van der Waals surface area contributed by atoms with E-state index in [1.807, 2.05) is 0 Å². The monoisotopic (exact) mass is 1040 g/mol. The van der Waals surface area contributed by atoms with Crippen molar-refractivity contribution in [3.63, 3.8) is 0 Å². The molecule has 0 spiro atoms. The second kappa shape index (κ2) is 17.0. The van der Waals surface area contributed by atoms with Gasteiger partial charge in [0.05, 0.1) is 22.3 Å². The van der Waals surface area contributed by atoms with E-state index in [0.29, 0.717) is 48.5 Å². The van der Waals surface area contributed by atoms with Gasteiger partial charge in [-0.1, -0.05) is 24.3 Å². The third-order valence-electron chi connectivity index (χ3n) is 10.6. The Bertz CT molecular complexity index is 3230. The van der Waals surface area contributed by atoms with E-state index in [1.165, 1.54) is 0 Å². The van der Waals surface area contributed by atoms with Crippen molar-refractivity contribution in [1.29, 1.82) is 0 Å². The Labute approximate surface area is 380 Å². The molecular weight excluding hydrogens is 1030 g/mol. The predicted molar refractivity (Wildman–Crippen MR) is 191 cm³/mol. The molecule has 1 aliphatic heterocycles. The first-order valence-electron chi connectivity index (χ1n) is 18.3. The number of nitrogens with one attached hydrogen (secondary N) is 2. The van der Waals surface area contributed by atoms with Gasteiger partial charge in [0.1, 0.15) is 0 Å². The minimum atomic E-state index is -2.72. The van der Waals surface area contributed by atoms with E-state index in [9.17, 15) is 52.7 Å². The Kier molecular flexibility index (Phi) is 11.9. The van der Waals surface area contributed by atoms with Crippen LogP contribution in [0.15, 0.2) is 48.5 Å². The summed E-state index contributed by atoms with van der Waals surface area (Å²) in [5, 5.41) is -3.77. The van der Waals surface area contributed by atoms with Gasteiger partial charge in [-0.15, -0.1) is 22.8 Å². The summed E-state index contributed by atoms with van der Waals surface area (Å²) in [5.74, 6) is -52.6.